The van der Waals surface area contributed by atoms with E-state index >= 15 is 0 Å². The maximum absolute atomic E-state index is 11.2. The molecule has 0 bridgehead atoms. The van der Waals surface area contributed by atoms with E-state index in [2.05, 4.69) is 43.4 Å². The van der Waals surface area contributed by atoms with Crippen LogP contribution in [0.15, 0.2) is 30.3 Å². The normalized spacial score (nSPS) is 13.8. The first-order valence-corrected chi connectivity index (χ1v) is 8.24. The maximum atomic E-state index is 11.2. The van der Waals surface area contributed by atoms with Crippen molar-refractivity contribution in [3.05, 3.63) is 35.9 Å². The number of hydrogen-bond acceptors (Lipinski definition) is 4. The number of benzene rings is 1. The Labute approximate surface area is 126 Å². The summed E-state index contributed by atoms with van der Waals surface area (Å²) < 4.78 is 4.69. The van der Waals surface area contributed by atoms with Crippen LogP contribution in [0.5, 0.6) is 0 Å². The summed E-state index contributed by atoms with van der Waals surface area (Å²) in [5.74, 6) is 0.673. The van der Waals surface area contributed by atoms with Crippen molar-refractivity contribution in [2.45, 2.75) is 38.0 Å². The van der Waals surface area contributed by atoms with Gasteiger partial charge in [-0.1, -0.05) is 44.2 Å². The number of esters is 1. The predicted octanol–water partition coefficient (Wildman–Crippen LogP) is 3.41. The van der Waals surface area contributed by atoms with Gasteiger partial charge in [-0.05, 0) is 18.5 Å². The number of methoxy groups -OCH3 is 1. The Bertz CT molecular complexity index is 383. The molecule has 1 aromatic rings. The summed E-state index contributed by atoms with van der Waals surface area (Å²) in [5.41, 5.74) is 1.31. The van der Waals surface area contributed by atoms with E-state index in [1.165, 1.54) is 12.7 Å². The van der Waals surface area contributed by atoms with Crippen molar-refractivity contribution >= 4 is 17.7 Å². The van der Waals surface area contributed by atoms with Gasteiger partial charge in [0.15, 0.2) is 0 Å². The molecule has 0 fully saturated rings. The topological polar surface area (TPSA) is 38.3 Å². The van der Waals surface area contributed by atoms with Gasteiger partial charge in [0.05, 0.1) is 13.5 Å². The number of ether oxygens (including phenoxy) is 1. The van der Waals surface area contributed by atoms with Crippen LogP contribution in [-0.2, 0) is 9.53 Å². The lowest BCUT2D eigenvalue weighted by Gasteiger charge is -2.27. The largest absolute Gasteiger partial charge is 0.469 e. The van der Waals surface area contributed by atoms with Crippen molar-refractivity contribution in [1.82, 2.24) is 5.32 Å². The van der Waals surface area contributed by atoms with Gasteiger partial charge in [0.1, 0.15) is 0 Å². The molecule has 0 aliphatic rings. The summed E-state index contributed by atoms with van der Waals surface area (Å²) in [5, 5.41) is 4.03. The summed E-state index contributed by atoms with van der Waals surface area (Å²) in [6, 6.07) is 10.8. The van der Waals surface area contributed by atoms with Gasteiger partial charge in [-0.2, -0.15) is 11.8 Å². The van der Waals surface area contributed by atoms with E-state index in [0.717, 1.165) is 18.7 Å². The van der Waals surface area contributed by atoms with Crippen LogP contribution in [0.3, 0.4) is 0 Å². The Balaban J connectivity index is 2.64. The lowest BCUT2D eigenvalue weighted by Crippen LogP contribution is -2.30. The monoisotopic (exact) mass is 295 g/mol. The molecule has 1 rings (SSSR count). The van der Waals surface area contributed by atoms with Crippen molar-refractivity contribution < 1.29 is 9.53 Å². The molecule has 0 aliphatic heterocycles. The van der Waals surface area contributed by atoms with Crippen molar-refractivity contribution in [2.75, 3.05) is 19.4 Å². The Hall–Kier alpha value is -1.00. The number of carbonyl (C=O) groups is 1. The first kappa shape index (κ1) is 17.1. The van der Waals surface area contributed by atoms with Crippen LogP contribution in [0.4, 0.5) is 0 Å². The molecule has 0 saturated heterocycles. The van der Waals surface area contributed by atoms with Crippen LogP contribution in [0.1, 0.15) is 38.3 Å². The first-order valence-electron chi connectivity index (χ1n) is 7.19. The minimum absolute atomic E-state index is 0.132. The minimum Gasteiger partial charge on any atom is -0.469 e. The molecule has 1 N–H and O–H groups in total. The van der Waals surface area contributed by atoms with Gasteiger partial charge >= 0.3 is 5.97 Å². The van der Waals surface area contributed by atoms with E-state index in [4.69, 9.17) is 4.74 Å². The van der Waals surface area contributed by atoms with Crippen LogP contribution >= 0.6 is 11.8 Å². The van der Waals surface area contributed by atoms with Crippen molar-refractivity contribution in [3.63, 3.8) is 0 Å². The molecule has 2 unspecified atom stereocenters. The van der Waals surface area contributed by atoms with Gasteiger partial charge in [-0.15, -0.1) is 0 Å². The maximum Gasteiger partial charge on any atom is 0.306 e. The lowest BCUT2D eigenvalue weighted by molar-refractivity contribution is -0.140. The molecule has 3 nitrogen and oxygen atoms in total. The zero-order valence-corrected chi connectivity index (χ0v) is 13.4. The molecule has 0 saturated carbocycles. The zero-order valence-electron chi connectivity index (χ0n) is 12.6. The quantitative estimate of drug-likeness (QED) is 0.709. The van der Waals surface area contributed by atoms with Crippen molar-refractivity contribution in [1.29, 1.82) is 0 Å². The average molecular weight is 295 g/mol. The van der Waals surface area contributed by atoms with Gasteiger partial charge < -0.3 is 10.1 Å². The van der Waals surface area contributed by atoms with E-state index in [0.29, 0.717) is 17.7 Å². The molecular weight excluding hydrogens is 270 g/mol. The summed E-state index contributed by atoms with van der Waals surface area (Å²) in [6.45, 7) is 5.26. The Kier molecular flexibility index (Phi) is 8.38. The second kappa shape index (κ2) is 9.83. The lowest BCUT2D eigenvalue weighted by atomic mass is 10.0. The Morgan fingerprint density at radius 2 is 2.00 bits per heavy atom. The fourth-order valence-corrected chi connectivity index (χ4v) is 3.46. The third kappa shape index (κ3) is 5.55. The Morgan fingerprint density at radius 3 is 2.55 bits per heavy atom. The highest BCUT2D eigenvalue weighted by Gasteiger charge is 2.21. The van der Waals surface area contributed by atoms with Gasteiger partial charge in [0, 0.05) is 17.0 Å². The predicted molar refractivity (Wildman–Crippen MR) is 86.0 cm³/mol. The molecule has 112 valence electrons. The van der Waals surface area contributed by atoms with Gasteiger partial charge in [-0.25, -0.2) is 0 Å². The van der Waals surface area contributed by atoms with Crippen molar-refractivity contribution in [3.8, 4) is 0 Å². The highest BCUT2D eigenvalue weighted by molar-refractivity contribution is 7.99. The van der Waals surface area contributed by atoms with E-state index in [-0.39, 0.29) is 5.97 Å². The number of rotatable bonds is 9. The molecule has 20 heavy (non-hydrogen) atoms. The zero-order chi connectivity index (χ0) is 14.8. The Morgan fingerprint density at radius 1 is 1.30 bits per heavy atom. The van der Waals surface area contributed by atoms with Crippen LogP contribution < -0.4 is 5.32 Å². The summed E-state index contributed by atoms with van der Waals surface area (Å²) in [4.78, 5) is 11.2. The fourth-order valence-electron chi connectivity index (χ4n) is 2.19. The molecule has 1 aromatic carbocycles. The number of carbonyl (C=O) groups excluding carboxylic acids is 1. The fraction of sp³-hybridized carbons (Fsp3) is 0.562. The van der Waals surface area contributed by atoms with E-state index in [9.17, 15) is 4.79 Å². The molecular formula is C16H25NO2S. The molecule has 4 heteroatoms. The minimum atomic E-state index is -0.132. The molecule has 0 amide bonds. The molecule has 0 spiro atoms. The van der Waals surface area contributed by atoms with E-state index < -0.39 is 0 Å². The molecule has 0 aliphatic carbocycles. The summed E-state index contributed by atoms with van der Waals surface area (Å²) in [7, 11) is 1.44. The highest BCUT2D eigenvalue weighted by atomic mass is 32.2. The van der Waals surface area contributed by atoms with Crippen molar-refractivity contribution in [2.24, 2.45) is 0 Å². The van der Waals surface area contributed by atoms with E-state index in [1.54, 1.807) is 0 Å². The molecule has 0 radical (unpaired) electrons. The summed E-state index contributed by atoms with van der Waals surface area (Å²) >= 11 is 1.84. The first-order chi connectivity index (χ1) is 9.72. The SMILES string of the molecule is CCNC(c1ccccc1)C(CC)SCCC(=O)OC. The van der Waals surface area contributed by atoms with Gasteiger partial charge in [0.2, 0.25) is 0 Å². The third-order valence-electron chi connectivity index (χ3n) is 3.22. The second-order valence-corrected chi connectivity index (χ2v) is 5.94. The van der Waals surface area contributed by atoms with Gasteiger partial charge in [-0.3, -0.25) is 4.79 Å². The average Bonchev–Trinajstić information content (AvgIpc) is 2.50. The smallest absolute Gasteiger partial charge is 0.306 e. The molecule has 0 heterocycles. The highest BCUT2D eigenvalue weighted by Crippen LogP contribution is 2.29. The van der Waals surface area contributed by atoms with Crippen LogP contribution in [0.25, 0.3) is 0 Å². The number of thioether (sulfide) groups is 1. The molecule has 0 aromatic heterocycles. The second-order valence-electron chi connectivity index (χ2n) is 4.59. The van der Waals surface area contributed by atoms with Gasteiger partial charge in [0.25, 0.3) is 0 Å². The van der Waals surface area contributed by atoms with E-state index in [1.807, 2.05) is 17.8 Å². The van der Waals surface area contributed by atoms with Crippen LogP contribution in [0, 0.1) is 0 Å². The van der Waals surface area contributed by atoms with Crippen LogP contribution in [-0.4, -0.2) is 30.6 Å². The molecule has 2 atom stereocenters. The third-order valence-corrected chi connectivity index (χ3v) is 4.70. The standard InChI is InChI=1S/C16H25NO2S/c1-4-14(20-12-11-15(18)19-3)16(17-5-2)13-9-7-6-8-10-13/h6-10,14,16-17H,4-5,11-12H2,1-3H3. The number of hydrogen-bond donors (Lipinski definition) is 1. The summed E-state index contributed by atoms with van der Waals surface area (Å²) in [6.07, 6.45) is 1.55. The number of nitrogens with one attached hydrogen (secondary N) is 1. The van der Waals surface area contributed by atoms with Crippen LogP contribution in [0.2, 0.25) is 0 Å².